The number of aryl methyl sites for hydroxylation is 1. The van der Waals surface area contributed by atoms with Crippen LogP contribution < -0.4 is 10.6 Å². The lowest BCUT2D eigenvalue weighted by atomic mass is 10.1. The molecule has 0 unspecified atom stereocenters. The number of halogens is 3. The van der Waals surface area contributed by atoms with Crippen molar-refractivity contribution >= 4 is 34.4 Å². The lowest BCUT2D eigenvalue weighted by Crippen LogP contribution is -2.27. The number of benzene rings is 2. The van der Waals surface area contributed by atoms with Crippen molar-refractivity contribution in [3.05, 3.63) is 54.4 Å². The molecule has 170 valence electrons. The molecule has 0 bridgehead atoms. The summed E-state index contributed by atoms with van der Waals surface area (Å²) in [7, 11) is 0. The molecule has 3 rings (SSSR count). The van der Waals surface area contributed by atoms with E-state index in [0.29, 0.717) is 0 Å². The fourth-order valence-electron chi connectivity index (χ4n) is 2.97. The second-order valence-corrected chi connectivity index (χ2v) is 8.11. The first-order chi connectivity index (χ1) is 14.9. The molecule has 3 aromatic rings. The number of para-hydroxylation sites is 2. The number of alkyl halides is 3. The molecule has 1 heterocycles. The highest BCUT2D eigenvalue weighted by Gasteiger charge is 2.31. The zero-order valence-corrected chi connectivity index (χ0v) is 17.8. The average Bonchev–Trinajstić information content (AvgIpc) is 3.08. The molecule has 0 aliphatic heterocycles. The molecule has 2 amide bonds. The number of nitrogens with zero attached hydrogens (tertiary/aromatic N) is 2. The normalized spacial score (nSPS) is 11.9. The number of hydrogen-bond acceptors (Lipinski definition) is 4. The number of ether oxygens (including phenoxy) is 1. The van der Waals surface area contributed by atoms with Crippen molar-refractivity contribution in [1.82, 2.24) is 9.55 Å². The van der Waals surface area contributed by atoms with Gasteiger partial charge in [-0.3, -0.25) is 10.1 Å². The molecule has 0 radical (unpaired) electrons. The number of carbonyl (C=O) groups excluding carboxylic acids is 2. The van der Waals surface area contributed by atoms with E-state index >= 15 is 0 Å². The average molecular weight is 448 g/mol. The van der Waals surface area contributed by atoms with Gasteiger partial charge in [-0.2, -0.15) is 13.2 Å². The molecule has 0 saturated carbocycles. The number of anilines is 2. The summed E-state index contributed by atoms with van der Waals surface area (Å²) < 4.78 is 46.4. The Morgan fingerprint density at radius 1 is 1.03 bits per heavy atom. The zero-order chi connectivity index (χ0) is 23.5. The number of fused-ring (bicyclic) bond motifs is 1. The van der Waals surface area contributed by atoms with E-state index in [9.17, 15) is 22.8 Å². The Morgan fingerprint density at radius 3 is 2.44 bits per heavy atom. The number of hydrogen-bond donors (Lipinski definition) is 2. The van der Waals surface area contributed by atoms with E-state index in [1.54, 1.807) is 31.7 Å². The zero-order valence-electron chi connectivity index (χ0n) is 17.8. The summed E-state index contributed by atoms with van der Waals surface area (Å²) >= 11 is 0. The van der Waals surface area contributed by atoms with E-state index in [2.05, 4.69) is 15.6 Å². The summed E-state index contributed by atoms with van der Waals surface area (Å²) in [5.41, 5.74) is -0.322. The Bertz CT molecular complexity index is 1130. The van der Waals surface area contributed by atoms with Crippen molar-refractivity contribution in [2.45, 2.75) is 45.5 Å². The van der Waals surface area contributed by atoms with E-state index in [0.717, 1.165) is 29.2 Å². The summed E-state index contributed by atoms with van der Waals surface area (Å²) in [6, 6.07) is 10.1. The first-order valence-corrected chi connectivity index (χ1v) is 9.83. The molecule has 0 fully saturated rings. The van der Waals surface area contributed by atoms with Crippen molar-refractivity contribution in [3.63, 3.8) is 0 Å². The molecule has 0 spiro atoms. The monoisotopic (exact) mass is 448 g/mol. The van der Waals surface area contributed by atoms with E-state index in [-0.39, 0.29) is 24.3 Å². The fourth-order valence-corrected chi connectivity index (χ4v) is 2.97. The predicted octanol–water partition coefficient (Wildman–Crippen LogP) is 5.43. The maximum Gasteiger partial charge on any atom is 0.416 e. The summed E-state index contributed by atoms with van der Waals surface area (Å²) in [6.07, 6.45) is -3.88. The Labute approximate surface area is 182 Å². The maximum absolute atomic E-state index is 13.2. The van der Waals surface area contributed by atoms with Crippen LogP contribution in [0.3, 0.4) is 0 Å². The van der Waals surface area contributed by atoms with Gasteiger partial charge in [-0.15, -0.1) is 0 Å². The third-order valence-electron chi connectivity index (χ3n) is 4.36. The van der Waals surface area contributed by atoms with Gasteiger partial charge in [0.2, 0.25) is 5.91 Å². The number of imidazole rings is 1. The topological polar surface area (TPSA) is 85.3 Å². The van der Waals surface area contributed by atoms with E-state index in [1.165, 1.54) is 0 Å². The van der Waals surface area contributed by atoms with E-state index in [4.69, 9.17) is 4.74 Å². The van der Waals surface area contributed by atoms with Crippen molar-refractivity contribution in [2.75, 3.05) is 10.6 Å². The minimum Gasteiger partial charge on any atom is -0.444 e. The van der Waals surface area contributed by atoms with Crippen LogP contribution in [-0.2, 0) is 22.3 Å². The van der Waals surface area contributed by atoms with Gasteiger partial charge in [0, 0.05) is 13.0 Å². The van der Waals surface area contributed by atoms with Gasteiger partial charge in [0.1, 0.15) is 5.60 Å². The number of aromatic nitrogens is 2. The minimum absolute atomic E-state index is 0.00585. The number of carbonyl (C=O) groups is 2. The van der Waals surface area contributed by atoms with Gasteiger partial charge >= 0.3 is 12.3 Å². The first-order valence-electron chi connectivity index (χ1n) is 9.83. The molecule has 0 atom stereocenters. The number of rotatable bonds is 5. The molecule has 7 nitrogen and oxygen atoms in total. The SMILES string of the molecule is CC(C)(C)OC(=O)Nc1ccc(C(F)(F)F)cc1NC(=O)CCn1cnc2ccccc21. The van der Waals surface area contributed by atoms with Crippen molar-refractivity contribution in [1.29, 1.82) is 0 Å². The van der Waals surface area contributed by atoms with Crippen LogP contribution >= 0.6 is 0 Å². The Hall–Kier alpha value is -3.56. The molecule has 0 aliphatic carbocycles. The third-order valence-corrected chi connectivity index (χ3v) is 4.36. The van der Waals surface area contributed by atoms with Gasteiger partial charge < -0.3 is 14.6 Å². The van der Waals surface area contributed by atoms with Gasteiger partial charge in [0.25, 0.3) is 0 Å². The van der Waals surface area contributed by atoms with Crippen LogP contribution in [0.15, 0.2) is 48.8 Å². The summed E-state index contributed by atoms with van der Waals surface area (Å²) in [5.74, 6) is -0.519. The molecule has 2 aromatic carbocycles. The first kappa shape index (κ1) is 23.1. The molecule has 1 aromatic heterocycles. The predicted molar refractivity (Wildman–Crippen MR) is 114 cm³/mol. The van der Waals surface area contributed by atoms with Crippen LogP contribution in [0.1, 0.15) is 32.8 Å². The highest BCUT2D eigenvalue weighted by atomic mass is 19.4. The fraction of sp³-hybridized carbons (Fsp3) is 0.318. The molecular formula is C22H23F3N4O3. The Kier molecular flexibility index (Phi) is 6.42. The van der Waals surface area contributed by atoms with Gasteiger partial charge in [-0.1, -0.05) is 12.1 Å². The molecular weight excluding hydrogens is 425 g/mol. The summed E-state index contributed by atoms with van der Waals surface area (Å²) in [6.45, 7) is 5.24. The second kappa shape index (κ2) is 8.89. The lowest BCUT2D eigenvalue weighted by molar-refractivity contribution is -0.137. The summed E-state index contributed by atoms with van der Waals surface area (Å²) in [4.78, 5) is 28.8. The van der Waals surface area contributed by atoms with E-state index < -0.39 is 29.3 Å². The Morgan fingerprint density at radius 2 is 1.75 bits per heavy atom. The van der Waals surface area contributed by atoms with Crippen LogP contribution in [-0.4, -0.2) is 27.2 Å². The maximum atomic E-state index is 13.2. The smallest absolute Gasteiger partial charge is 0.416 e. The number of nitrogens with one attached hydrogen (secondary N) is 2. The van der Waals surface area contributed by atoms with Crippen LogP contribution in [0.5, 0.6) is 0 Å². The Balaban J connectivity index is 1.76. The van der Waals surface area contributed by atoms with Gasteiger partial charge in [-0.25, -0.2) is 9.78 Å². The number of amides is 2. The lowest BCUT2D eigenvalue weighted by Gasteiger charge is -2.21. The molecule has 0 saturated heterocycles. The highest BCUT2D eigenvalue weighted by molar-refractivity contribution is 5.98. The molecule has 0 aliphatic rings. The third kappa shape index (κ3) is 5.99. The molecule has 32 heavy (non-hydrogen) atoms. The molecule has 10 heteroatoms. The largest absolute Gasteiger partial charge is 0.444 e. The van der Waals surface area contributed by atoms with Gasteiger partial charge in [0.05, 0.1) is 34.3 Å². The van der Waals surface area contributed by atoms with Crippen molar-refractivity contribution in [3.8, 4) is 0 Å². The van der Waals surface area contributed by atoms with Gasteiger partial charge in [0.15, 0.2) is 0 Å². The summed E-state index contributed by atoms with van der Waals surface area (Å²) in [5, 5.41) is 4.85. The quantitative estimate of drug-likeness (QED) is 0.545. The van der Waals surface area contributed by atoms with Crippen LogP contribution in [0, 0.1) is 0 Å². The van der Waals surface area contributed by atoms with E-state index in [1.807, 2.05) is 24.3 Å². The van der Waals surface area contributed by atoms with Gasteiger partial charge in [-0.05, 0) is 51.1 Å². The minimum atomic E-state index is -4.61. The van der Waals surface area contributed by atoms with Crippen LogP contribution in [0.25, 0.3) is 11.0 Å². The molecule has 2 N–H and O–H groups in total. The van der Waals surface area contributed by atoms with Crippen LogP contribution in [0.4, 0.5) is 29.3 Å². The van der Waals surface area contributed by atoms with Crippen molar-refractivity contribution in [2.24, 2.45) is 0 Å². The second-order valence-electron chi connectivity index (χ2n) is 8.11. The van der Waals surface area contributed by atoms with Crippen LogP contribution in [0.2, 0.25) is 0 Å². The highest BCUT2D eigenvalue weighted by Crippen LogP contribution is 2.34. The standard InChI is InChI=1S/C22H23F3N4O3/c1-21(2,3)32-20(31)28-15-9-8-14(22(23,24)25)12-17(15)27-19(30)10-11-29-13-26-16-6-4-5-7-18(16)29/h4-9,12-13H,10-11H2,1-3H3,(H,27,30)(H,28,31). The van der Waals surface area contributed by atoms with Crippen molar-refractivity contribution < 1.29 is 27.5 Å².